The number of thioether (sulfide) groups is 1. The van der Waals surface area contributed by atoms with E-state index in [2.05, 4.69) is 34.4 Å². The molecule has 29 heteroatoms. The highest BCUT2D eigenvalue weighted by molar-refractivity contribution is 8.13. The Morgan fingerprint density at radius 1 is 1.10 bits per heavy atom. The number of nitrogens with zero attached hydrogens (tertiary/aromatic N) is 4. The maximum Gasteiger partial charge on any atom is 0.481 e. The topological polar surface area (TPSA) is 364 Å². The number of alkyl halides is 1. The summed E-state index contributed by atoms with van der Waals surface area (Å²) in [4.78, 5) is 85.9. The van der Waals surface area contributed by atoms with E-state index in [1.165, 1.54) is 13.8 Å². The van der Waals surface area contributed by atoms with Gasteiger partial charge in [-0.05, 0) is 0 Å². The first-order valence-corrected chi connectivity index (χ1v) is 20.2. The molecule has 0 bridgehead atoms. The van der Waals surface area contributed by atoms with Gasteiger partial charge in [-0.15, -0.1) is 0 Å². The van der Waals surface area contributed by atoms with Gasteiger partial charge in [0, 0.05) is 30.7 Å². The fourth-order valence-electron chi connectivity index (χ4n) is 4.33. The number of aromatic nitrogens is 4. The second-order valence-corrected chi connectivity index (χ2v) is 16.8. The van der Waals surface area contributed by atoms with Crippen molar-refractivity contribution in [3.63, 3.8) is 0 Å². The van der Waals surface area contributed by atoms with Crippen LogP contribution in [0.5, 0.6) is 0 Å². The Morgan fingerprint density at radius 2 is 1.77 bits per heavy atom. The molecule has 24 nitrogen and oxygen atoms in total. The second kappa shape index (κ2) is 18.2. The van der Waals surface area contributed by atoms with Crippen molar-refractivity contribution in [3.8, 4) is 0 Å². The Bertz CT molecular complexity index is 1730. The van der Waals surface area contributed by atoms with Crippen LogP contribution in [0.15, 0.2) is 12.7 Å². The average molecular weight is 828 g/mol. The number of carbonyl (C=O) groups excluding carboxylic acids is 3. The molecule has 3 heterocycles. The van der Waals surface area contributed by atoms with Crippen LogP contribution >= 0.6 is 35.2 Å². The number of imidazole rings is 1. The fourth-order valence-corrected chi connectivity index (χ4v) is 7.67. The minimum Gasteiger partial charge on any atom is -0.386 e. The number of hydrogen-bond donors (Lipinski definition) is 9. The number of aliphatic hydroxyl groups is 2. The van der Waals surface area contributed by atoms with Gasteiger partial charge in [-0.25, -0.2) is 33.0 Å². The predicted molar refractivity (Wildman–Crippen MR) is 173 cm³/mol. The number of nitrogens with two attached hydrogens (primary N) is 1. The van der Waals surface area contributed by atoms with Crippen molar-refractivity contribution in [2.45, 2.75) is 50.9 Å². The van der Waals surface area contributed by atoms with Gasteiger partial charge >= 0.3 is 23.5 Å². The number of fused-ring (bicyclic) bond motifs is 1. The van der Waals surface area contributed by atoms with Gasteiger partial charge in [-0.3, -0.25) is 32.5 Å². The van der Waals surface area contributed by atoms with Crippen molar-refractivity contribution in [2.75, 3.05) is 44.5 Å². The summed E-state index contributed by atoms with van der Waals surface area (Å²) in [6.45, 7) is -0.928. The standard InChI is InChI=1S/C23H37FN7O17P3S/c1-23(2,18(35)21(36)27-4-3-13(32)26-5-6-52-14(33)7-24)9-45-51(42,43)48-50(40,41)44-8-12-17(47-49(37,38)39)16(34)22(46-12)31-11-30-15-19(25)28-10-29-20(15)31/h10-12,16-18,22,34-35H,3-9H2,1-2H3,(H,26,32)(H,27,36)(H,40,41)(H,42,43)(H2,25,28,29)(H2,37,38,39). The van der Waals surface area contributed by atoms with E-state index in [9.17, 15) is 62.3 Å². The van der Waals surface area contributed by atoms with Gasteiger partial charge in [-0.1, -0.05) is 25.6 Å². The number of amides is 2. The summed E-state index contributed by atoms with van der Waals surface area (Å²) in [5, 5.41) is 25.3. The van der Waals surface area contributed by atoms with Gasteiger partial charge in [0.05, 0.1) is 19.5 Å². The molecule has 1 aliphatic rings. The molecule has 1 fully saturated rings. The van der Waals surface area contributed by atoms with Crippen LogP contribution in [-0.4, -0.2) is 129 Å². The van der Waals surface area contributed by atoms with Crippen molar-refractivity contribution >= 4 is 69.1 Å². The Morgan fingerprint density at radius 3 is 2.42 bits per heavy atom. The molecule has 294 valence electrons. The summed E-state index contributed by atoms with van der Waals surface area (Å²) in [6.07, 6.45) is -7.05. The third kappa shape index (κ3) is 12.8. The first kappa shape index (κ1) is 43.9. The molecule has 0 aliphatic carbocycles. The molecular weight excluding hydrogens is 790 g/mol. The van der Waals surface area contributed by atoms with Crippen LogP contribution in [0.3, 0.4) is 0 Å². The molecule has 1 saturated heterocycles. The Kier molecular flexibility index (Phi) is 15.4. The average Bonchev–Trinajstić information content (AvgIpc) is 3.60. The molecule has 3 rings (SSSR count). The third-order valence-electron chi connectivity index (χ3n) is 6.87. The van der Waals surface area contributed by atoms with E-state index in [1.54, 1.807) is 0 Å². The van der Waals surface area contributed by atoms with E-state index in [-0.39, 0.29) is 42.2 Å². The molecule has 10 N–H and O–H groups in total. The van der Waals surface area contributed by atoms with Crippen LogP contribution in [-0.2, 0) is 50.7 Å². The maximum atomic E-state index is 12.6. The lowest BCUT2D eigenvalue weighted by atomic mass is 9.87. The van der Waals surface area contributed by atoms with E-state index < -0.39 is 96.3 Å². The van der Waals surface area contributed by atoms with Crippen molar-refractivity contribution in [2.24, 2.45) is 5.41 Å². The largest absolute Gasteiger partial charge is 0.481 e. The van der Waals surface area contributed by atoms with E-state index in [0.717, 1.165) is 17.2 Å². The molecule has 0 spiro atoms. The number of phosphoric ester groups is 3. The lowest BCUT2D eigenvalue weighted by Crippen LogP contribution is -2.46. The Balaban J connectivity index is 1.54. The smallest absolute Gasteiger partial charge is 0.386 e. The molecule has 52 heavy (non-hydrogen) atoms. The minimum atomic E-state index is -5.58. The van der Waals surface area contributed by atoms with Gasteiger partial charge in [0.25, 0.3) is 0 Å². The van der Waals surface area contributed by atoms with Crippen molar-refractivity contribution in [3.05, 3.63) is 12.7 Å². The van der Waals surface area contributed by atoms with Crippen molar-refractivity contribution in [1.82, 2.24) is 30.2 Å². The summed E-state index contributed by atoms with van der Waals surface area (Å²) in [5.41, 5.74) is 4.21. The first-order chi connectivity index (χ1) is 24.1. The van der Waals surface area contributed by atoms with Crippen LogP contribution < -0.4 is 16.4 Å². The highest BCUT2D eigenvalue weighted by atomic mass is 32.2. The highest BCUT2D eigenvalue weighted by Gasteiger charge is 2.50. The number of carbonyl (C=O) groups is 3. The summed E-state index contributed by atoms with van der Waals surface area (Å²) in [7, 11) is -16.4. The fraction of sp³-hybridized carbons (Fsp3) is 0.652. The number of rotatable bonds is 20. The molecule has 2 aromatic heterocycles. The van der Waals surface area contributed by atoms with Crippen LogP contribution in [0, 0.1) is 5.41 Å². The van der Waals surface area contributed by atoms with E-state index >= 15 is 0 Å². The molecule has 0 aromatic carbocycles. The predicted octanol–water partition coefficient (Wildman–Crippen LogP) is -1.37. The summed E-state index contributed by atoms with van der Waals surface area (Å²) >= 11 is 0.695. The second-order valence-electron chi connectivity index (χ2n) is 11.4. The summed E-state index contributed by atoms with van der Waals surface area (Å²) < 4.78 is 73.9. The lowest BCUT2D eigenvalue weighted by Gasteiger charge is -2.30. The zero-order chi connectivity index (χ0) is 39.1. The Hall–Kier alpha value is -2.51. The van der Waals surface area contributed by atoms with Gasteiger partial charge in [0.15, 0.2) is 24.4 Å². The van der Waals surface area contributed by atoms with Crippen molar-refractivity contribution in [1.29, 1.82) is 0 Å². The first-order valence-electron chi connectivity index (χ1n) is 14.7. The SMILES string of the molecule is CC(C)(COP(=O)(O)OP(=O)(O)OCC1OC(n2cnc3c(N)ncnc32)C(O)C1OP(=O)(O)O)C(O)C(=O)NCCC(=O)NCCSC(=O)CF. The molecule has 1 aliphatic heterocycles. The zero-order valence-corrected chi connectivity index (χ0v) is 30.7. The minimum absolute atomic E-state index is 0.0224. The summed E-state index contributed by atoms with van der Waals surface area (Å²) in [6, 6.07) is 0. The number of aliphatic hydroxyl groups excluding tert-OH is 2. The van der Waals surface area contributed by atoms with Gasteiger partial charge < -0.3 is 50.9 Å². The third-order valence-corrected chi connectivity index (χ3v) is 10.8. The summed E-state index contributed by atoms with van der Waals surface area (Å²) in [5.74, 6) is -1.45. The van der Waals surface area contributed by atoms with Crippen LogP contribution in [0.2, 0.25) is 0 Å². The van der Waals surface area contributed by atoms with Crippen LogP contribution in [0.1, 0.15) is 26.5 Å². The Labute approximate surface area is 297 Å². The van der Waals surface area contributed by atoms with Gasteiger partial charge in [0.2, 0.25) is 16.9 Å². The molecule has 7 unspecified atom stereocenters. The molecular formula is C23H37FN7O17P3S. The molecule has 7 atom stereocenters. The normalized spacial score (nSPS) is 22.4. The van der Waals surface area contributed by atoms with Crippen LogP contribution in [0.4, 0.5) is 10.2 Å². The van der Waals surface area contributed by atoms with Crippen molar-refractivity contribution < 1.29 is 84.9 Å². The number of halogens is 1. The monoisotopic (exact) mass is 827 g/mol. The van der Waals surface area contributed by atoms with Crippen LogP contribution in [0.25, 0.3) is 11.2 Å². The number of nitrogens with one attached hydrogen (secondary N) is 2. The number of nitrogen functional groups attached to an aromatic ring is 1. The van der Waals surface area contributed by atoms with E-state index in [1.807, 2.05) is 0 Å². The maximum absolute atomic E-state index is 12.6. The quantitative estimate of drug-likeness (QED) is 0.0549. The molecule has 2 aromatic rings. The highest BCUT2D eigenvalue weighted by Crippen LogP contribution is 2.61. The number of hydrogen-bond acceptors (Lipinski definition) is 18. The zero-order valence-electron chi connectivity index (χ0n) is 27.2. The molecule has 0 saturated carbocycles. The lowest BCUT2D eigenvalue weighted by molar-refractivity contribution is -0.137. The van der Waals surface area contributed by atoms with Gasteiger partial charge in [0.1, 0.15) is 36.3 Å². The number of anilines is 1. The van der Waals surface area contributed by atoms with Gasteiger partial charge in [-0.2, -0.15) is 4.31 Å². The molecule has 0 radical (unpaired) electrons. The number of ether oxygens (including phenoxy) is 1. The van der Waals surface area contributed by atoms with E-state index in [4.69, 9.17) is 19.5 Å². The van der Waals surface area contributed by atoms with E-state index in [0.29, 0.717) is 11.8 Å². The molecule has 2 amide bonds. The number of phosphoric acid groups is 3.